The molecule has 150 valence electrons. The van der Waals surface area contributed by atoms with Crippen LogP contribution in [0.4, 0.5) is 14.5 Å². The average molecular weight is 400 g/mol. The van der Waals surface area contributed by atoms with E-state index in [4.69, 9.17) is 0 Å². The van der Waals surface area contributed by atoms with Crippen molar-refractivity contribution in [3.05, 3.63) is 29.8 Å². The molecule has 0 spiro atoms. The number of carbonyl (C=O) groups excluding carboxylic acids is 1. The number of anilines is 1. The Morgan fingerprint density at radius 2 is 1.81 bits per heavy atom. The van der Waals surface area contributed by atoms with Crippen LogP contribution >= 0.6 is 0 Å². The van der Waals surface area contributed by atoms with Crippen molar-refractivity contribution in [3.63, 3.8) is 0 Å². The molecule has 1 aliphatic carbocycles. The molecule has 0 aromatic heterocycles. The van der Waals surface area contributed by atoms with E-state index in [0.29, 0.717) is 18.7 Å². The summed E-state index contributed by atoms with van der Waals surface area (Å²) in [6.45, 7) is 2.32. The summed E-state index contributed by atoms with van der Waals surface area (Å²) < 4.78 is 50.7. The molecule has 1 aromatic carbocycles. The lowest BCUT2D eigenvalue weighted by Crippen LogP contribution is -2.50. The standard InChI is InChI=1S/C19H26F2N2O3S/c1-2-22(15-7-8-17(20)18(21)11-15)12-19(24)23(14-5-3-4-6-14)16-9-10-27(25,26)13-16/h7-8,11,14,16H,2-6,9-10,12-13H2,1H3. The summed E-state index contributed by atoms with van der Waals surface area (Å²) in [5, 5.41) is 0. The van der Waals surface area contributed by atoms with Crippen molar-refractivity contribution >= 4 is 21.4 Å². The first-order chi connectivity index (χ1) is 12.8. The Hall–Kier alpha value is -1.70. The van der Waals surface area contributed by atoms with Gasteiger partial charge >= 0.3 is 0 Å². The first-order valence-corrected chi connectivity index (χ1v) is 11.3. The van der Waals surface area contributed by atoms with Crippen LogP contribution in [0.25, 0.3) is 0 Å². The predicted molar refractivity (Wildman–Crippen MR) is 100 cm³/mol. The maximum atomic E-state index is 13.6. The highest BCUT2D eigenvalue weighted by Crippen LogP contribution is 2.29. The minimum absolute atomic E-state index is 0.0204. The summed E-state index contributed by atoms with van der Waals surface area (Å²) in [5.41, 5.74) is 0.440. The molecule has 1 aliphatic heterocycles. The number of likely N-dealkylation sites (N-methyl/N-ethyl adjacent to an activating group) is 1. The first kappa shape index (κ1) is 20.0. The van der Waals surface area contributed by atoms with Crippen molar-refractivity contribution in [2.24, 2.45) is 0 Å². The fourth-order valence-corrected chi connectivity index (χ4v) is 5.91. The highest BCUT2D eigenvalue weighted by molar-refractivity contribution is 7.91. The van der Waals surface area contributed by atoms with Gasteiger partial charge in [-0.25, -0.2) is 17.2 Å². The van der Waals surface area contributed by atoms with Crippen LogP contribution < -0.4 is 4.90 Å². The second-order valence-corrected chi connectivity index (χ2v) is 9.64. The zero-order chi connectivity index (χ0) is 19.6. The smallest absolute Gasteiger partial charge is 0.242 e. The maximum absolute atomic E-state index is 13.6. The van der Waals surface area contributed by atoms with Crippen LogP contribution in [0.2, 0.25) is 0 Å². The van der Waals surface area contributed by atoms with E-state index in [1.807, 2.05) is 6.92 Å². The molecule has 1 aromatic rings. The zero-order valence-corrected chi connectivity index (χ0v) is 16.4. The summed E-state index contributed by atoms with van der Waals surface area (Å²) in [4.78, 5) is 16.6. The van der Waals surface area contributed by atoms with E-state index in [-0.39, 0.29) is 36.0 Å². The molecular formula is C19H26F2N2O3S. The van der Waals surface area contributed by atoms with Crippen LogP contribution in [-0.2, 0) is 14.6 Å². The van der Waals surface area contributed by atoms with Gasteiger partial charge in [0.2, 0.25) is 5.91 Å². The van der Waals surface area contributed by atoms with Gasteiger partial charge in [0.25, 0.3) is 0 Å². The van der Waals surface area contributed by atoms with E-state index >= 15 is 0 Å². The number of rotatable bonds is 6. The number of halogens is 2. The molecular weight excluding hydrogens is 374 g/mol. The number of sulfone groups is 1. The number of hydrogen-bond donors (Lipinski definition) is 0. The van der Waals surface area contributed by atoms with Gasteiger partial charge in [-0.15, -0.1) is 0 Å². The van der Waals surface area contributed by atoms with Gasteiger partial charge in [-0.2, -0.15) is 0 Å². The number of benzene rings is 1. The molecule has 1 saturated heterocycles. The van der Waals surface area contributed by atoms with Crippen molar-refractivity contribution in [1.82, 2.24) is 4.90 Å². The van der Waals surface area contributed by atoms with Crippen molar-refractivity contribution in [1.29, 1.82) is 0 Å². The molecule has 2 fully saturated rings. The Labute approximate surface area is 159 Å². The Bertz CT molecular complexity index is 794. The normalized spacial score (nSPS) is 22.1. The van der Waals surface area contributed by atoms with Crippen LogP contribution in [0.5, 0.6) is 0 Å². The van der Waals surface area contributed by atoms with Crippen LogP contribution in [-0.4, -0.2) is 55.9 Å². The number of amides is 1. The number of carbonyl (C=O) groups is 1. The van der Waals surface area contributed by atoms with Crippen LogP contribution in [0.3, 0.4) is 0 Å². The lowest BCUT2D eigenvalue weighted by molar-refractivity contribution is -0.134. The van der Waals surface area contributed by atoms with Gasteiger partial charge in [0.05, 0.1) is 18.1 Å². The Kier molecular flexibility index (Phi) is 6.03. The fourth-order valence-electron chi connectivity index (χ4n) is 4.19. The third-order valence-corrected chi connectivity index (χ3v) is 7.33. The summed E-state index contributed by atoms with van der Waals surface area (Å²) >= 11 is 0. The second kappa shape index (κ2) is 8.12. The third kappa shape index (κ3) is 4.59. The topological polar surface area (TPSA) is 57.7 Å². The third-order valence-electron chi connectivity index (χ3n) is 5.58. The van der Waals surface area contributed by atoms with Gasteiger partial charge in [0.15, 0.2) is 21.5 Å². The minimum atomic E-state index is -3.10. The summed E-state index contributed by atoms with van der Waals surface area (Å²) in [5.74, 6) is -1.88. The highest BCUT2D eigenvalue weighted by atomic mass is 32.2. The quantitative estimate of drug-likeness (QED) is 0.737. The predicted octanol–water partition coefficient (Wildman–Crippen LogP) is 2.75. The van der Waals surface area contributed by atoms with E-state index in [9.17, 15) is 22.0 Å². The van der Waals surface area contributed by atoms with E-state index < -0.39 is 21.5 Å². The molecule has 5 nitrogen and oxygen atoms in total. The molecule has 1 unspecified atom stereocenters. The molecule has 1 heterocycles. The van der Waals surface area contributed by atoms with Crippen molar-refractivity contribution in [2.45, 2.75) is 51.1 Å². The van der Waals surface area contributed by atoms with Gasteiger partial charge in [-0.1, -0.05) is 12.8 Å². The SMILES string of the molecule is CCN(CC(=O)N(C1CCCC1)C1CCS(=O)(=O)C1)c1ccc(F)c(F)c1. The molecule has 0 radical (unpaired) electrons. The van der Waals surface area contributed by atoms with E-state index in [1.165, 1.54) is 6.07 Å². The van der Waals surface area contributed by atoms with E-state index in [2.05, 4.69) is 0 Å². The van der Waals surface area contributed by atoms with Crippen molar-refractivity contribution < 1.29 is 22.0 Å². The molecule has 27 heavy (non-hydrogen) atoms. The van der Waals surface area contributed by atoms with Gasteiger partial charge < -0.3 is 9.80 Å². The fraction of sp³-hybridized carbons (Fsp3) is 0.632. The minimum Gasteiger partial charge on any atom is -0.362 e. The van der Waals surface area contributed by atoms with E-state index in [1.54, 1.807) is 9.80 Å². The van der Waals surface area contributed by atoms with Crippen LogP contribution in [0.1, 0.15) is 39.0 Å². The summed E-state index contributed by atoms with van der Waals surface area (Å²) in [7, 11) is -3.10. The monoisotopic (exact) mass is 400 g/mol. The van der Waals surface area contributed by atoms with Gasteiger partial charge in [0, 0.05) is 30.4 Å². The van der Waals surface area contributed by atoms with Crippen LogP contribution in [0.15, 0.2) is 18.2 Å². The molecule has 0 N–H and O–H groups in total. The Morgan fingerprint density at radius 3 is 2.37 bits per heavy atom. The molecule has 1 amide bonds. The maximum Gasteiger partial charge on any atom is 0.242 e. The molecule has 1 saturated carbocycles. The Balaban J connectivity index is 1.79. The number of hydrogen-bond acceptors (Lipinski definition) is 4. The van der Waals surface area contributed by atoms with Crippen molar-refractivity contribution in [2.75, 3.05) is 29.5 Å². The van der Waals surface area contributed by atoms with Gasteiger partial charge in [0.1, 0.15) is 0 Å². The molecule has 1 atom stereocenters. The number of nitrogens with zero attached hydrogens (tertiary/aromatic N) is 2. The second-order valence-electron chi connectivity index (χ2n) is 7.41. The molecule has 3 rings (SSSR count). The first-order valence-electron chi connectivity index (χ1n) is 9.52. The largest absolute Gasteiger partial charge is 0.362 e. The van der Waals surface area contributed by atoms with E-state index in [0.717, 1.165) is 37.8 Å². The highest BCUT2D eigenvalue weighted by Gasteiger charge is 2.39. The Morgan fingerprint density at radius 1 is 1.11 bits per heavy atom. The molecule has 0 bridgehead atoms. The zero-order valence-electron chi connectivity index (χ0n) is 15.5. The van der Waals surface area contributed by atoms with Crippen LogP contribution in [0, 0.1) is 11.6 Å². The lowest BCUT2D eigenvalue weighted by Gasteiger charge is -2.36. The molecule has 8 heteroatoms. The van der Waals surface area contributed by atoms with Gasteiger partial charge in [-0.3, -0.25) is 4.79 Å². The summed E-state index contributed by atoms with van der Waals surface area (Å²) in [6.07, 6.45) is 4.32. The summed E-state index contributed by atoms with van der Waals surface area (Å²) in [6, 6.07) is 3.38. The van der Waals surface area contributed by atoms with Crippen molar-refractivity contribution in [3.8, 4) is 0 Å². The average Bonchev–Trinajstić information content (AvgIpc) is 3.25. The van der Waals surface area contributed by atoms with Gasteiger partial charge in [-0.05, 0) is 38.3 Å². The lowest BCUT2D eigenvalue weighted by atomic mass is 10.1. The molecule has 2 aliphatic rings.